The third kappa shape index (κ3) is 0.0719. The Morgan fingerprint density at radius 1 is 1.75 bits per heavy atom. The molecule has 1 heterocycles. The van der Waals surface area contributed by atoms with E-state index in [-0.39, 0.29) is 0 Å². The van der Waals surface area contributed by atoms with Gasteiger partial charge in [-0.2, -0.15) is 0 Å². The molecule has 0 bridgehead atoms. The average molecular weight is 73.1 g/mol. The number of nitrogens with one attached hydrogen (secondary N) is 1. The lowest BCUT2D eigenvalue weighted by Gasteiger charge is -1.73. The van der Waals surface area contributed by atoms with Crippen LogP contribution in [0.3, 0.4) is 0 Å². The van der Waals surface area contributed by atoms with Crippen molar-refractivity contribution in [2.45, 2.75) is 0 Å². The molecule has 0 saturated carbocycles. The van der Waals surface area contributed by atoms with Crippen molar-refractivity contribution < 1.29 is 0 Å². The summed E-state index contributed by atoms with van der Waals surface area (Å²) in [7, 11) is 0. The molecule has 0 radical (unpaired) electrons. The highest BCUT2D eigenvalue weighted by atomic mass is 32.1. The van der Waals surface area contributed by atoms with Gasteiger partial charge in [0.05, 0.1) is 0 Å². The summed E-state index contributed by atoms with van der Waals surface area (Å²) in [5.41, 5.74) is 0. The Labute approximate surface area is 28.4 Å². The fourth-order valence-electron chi connectivity index (χ4n) is 0.0680. The van der Waals surface area contributed by atoms with Crippen LogP contribution in [0.2, 0.25) is 0 Å². The quantitative estimate of drug-likeness (QED) is 0.473. The summed E-state index contributed by atoms with van der Waals surface area (Å²) in [6, 6.07) is 0. The smallest absolute Gasteiger partial charge is 0.0247 e. The number of hydrogen-bond donors (Lipinski definition) is 1. The first-order chi connectivity index (χ1) is 2.00. The molecule has 1 rings (SSSR count). The third-order valence-corrected chi connectivity index (χ3v) is 0.816. The van der Waals surface area contributed by atoms with Crippen molar-refractivity contribution >= 4 is 11.5 Å². The molecule has 4 heavy (non-hydrogen) atoms. The molecule has 0 atom stereocenters. The van der Waals surface area contributed by atoms with Crippen LogP contribution in [0, 0.1) is 0 Å². The second-order valence-corrected chi connectivity index (χ2v) is 1.28. The zero-order chi connectivity index (χ0) is 2.83. The molecule has 0 saturated heterocycles. The maximum atomic E-state index is 2.85. The Kier molecular flexibility index (Phi) is 0.306. The lowest BCUT2D eigenvalue weighted by Crippen LogP contribution is -1.53. The van der Waals surface area contributed by atoms with Crippen molar-refractivity contribution in [3.8, 4) is 0 Å². The van der Waals surface area contributed by atoms with Crippen LogP contribution in [0.25, 0.3) is 0 Å². The first-order valence-corrected chi connectivity index (χ1v) is 1.94. The summed E-state index contributed by atoms with van der Waals surface area (Å²) < 4.78 is 2.85. The minimum absolute atomic E-state index is 1.61. The molecule has 0 aliphatic heterocycles. The zero-order valence-corrected chi connectivity index (χ0v) is 2.88. The molecule has 0 unspecified atom stereocenters. The Hall–Kier alpha value is -0.240. The Balaban J connectivity index is 3.00. The topological polar surface area (TPSA) is 15.8 Å². The Bertz CT molecular complexity index is 47.8. The number of hydrogen-bond acceptors (Lipinski definition) is 1. The molecular weight excluding hydrogens is 70.1 g/mol. The van der Waals surface area contributed by atoms with Gasteiger partial charge < -0.3 is 4.37 Å². The van der Waals surface area contributed by atoms with Gasteiger partial charge in [-0.25, -0.2) is 0 Å². The van der Waals surface area contributed by atoms with Crippen LogP contribution < -0.4 is 0 Å². The molecule has 22 valence electrons. The highest BCUT2D eigenvalue weighted by Crippen LogP contribution is 1.84. The minimum atomic E-state index is 1.61. The molecule has 0 amide bonds. The van der Waals surface area contributed by atoms with E-state index in [1.165, 1.54) is 0 Å². The Morgan fingerprint density at radius 2 is 2.00 bits per heavy atom. The Morgan fingerprint density at radius 3 is 2.00 bits per heavy atom. The van der Waals surface area contributed by atoms with E-state index in [1.807, 2.05) is 11.6 Å². The van der Waals surface area contributed by atoms with E-state index < -0.39 is 0 Å². The van der Waals surface area contributed by atoms with E-state index >= 15 is 0 Å². The standard InChI is InChI=1S/C2H3NS/c1-2-4-3-1/h1-3H. The fourth-order valence-corrected chi connectivity index (χ4v) is 0.204. The summed E-state index contributed by atoms with van der Waals surface area (Å²) in [5.74, 6) is 0. The van der Waals surface area contributed by atoms with E-state index in [9.17, 15) is 0 Å². The van der Waals surface area contributed by atoms with Gasteiger partial charge in [-0.1, -0.05) is 11.5 Å². The molecule has 0 aromatic carbocycles. The molecule has 1 aromatic heterocycles. The van der Waals surface area contributed by atoms with Gasteiger partial charge in [0.25, 0.3) is 0 Å². The van der Waals surface area contributed by atoms with Gasteiger partial charge in [-0.15, -0.1) is 0 Å². The summed E-state index contributed by atoms with van der Waals surface area (Å²) in [6.07, 6.45) is 1.89. The van der Waals surface area contributed by atoms with E-state index in [0.29, 0.717) is 0 Å². The van der Waals surface area contributed by atoms with Gasteiger partial charge in [-0.3, -0.25) is 0 Å². The lowest BCUT2D eigenvalue weighted by molar-refractivity contribution is 1.53. The van der Waals surface area contributed by atoms with Crippen LogP contribution in [0.15, 0.2) is 11.6 Å². The normalized spacial score (nSPS) is 8.00. The summed E-state index contributed by atoms with van der Waals surface area (Å²) in [4.78, 5) is 0. The number of aromatic nitrogens is 1. The molecule has 1 N–H and O–H groups in total. The monoisotopic (exact) mass is 73.0 g/mol. The molecule has 0 aliphatic rings. The molecular formula is C2H3NS. The van der Waals surface area contributed by atoms with Crippen LogP contribution in [-0.4, -0.2) is 4.37 Å². The van der Waals surface area contributed by atoms with Crippen LogP contribution >= 0.6 is 11.5 Å². The predicted molar refractivity (Wildman–Crippen MR) is 18.7 cm³/mol. The van der Waals surface area contributed by atoms with Crippen molar-refractivity contribution in [2.75, 3.05) is 0 Å². The van der Waals surface area contributed by atoms with Gasteiger partial charge in [0.1, 0.15) is 0 Å². The van der Waals surface area contributed by atoms with Crippen molar-refractivity contribution in [2.24, 2.45) is 0 Å². The molecule has 1 nitrogen and oxygen atoms in total. The van der Waals surface area contributed by atoms with E-state index in [2.05, 4.69) is 4.37 Å². The van der Waals surface area contributed by atoms with Gasteiger partial charge in [0, 0.05) is 11.6 Å². The number of H-pyrrole nitrogens is 1. The minimum Gasteiger partial charge on any atom is -0.318 e. The van der Waals surface area contributed by atoms with Crippen LogP contribution in [0.1, 0.15) is 0 Å². The van der Waals surface area contributed by atoms with E-state index in [4.69, 9.17) is 0 Å². The van der Waals surface area contributed by atoms with E-state index in [0.717, 1.165) is 0 Å². The number of aromatic amines is 1. The van der Waals surface area contributed by atoms with Crippen molar-refractivity contribution in [3.63, 3.8) is 0 Å². The summed E-state index contributed by atoms with van der Waals surface area (Å²) in [5, 5.41) is 1.99. The highest BCUT2D eigenvalue weighted by molar-refractivity contribution is 7.04. The second kappa shape index (κ2) is 0.605. The molecule has 0 spiro atoms. The first-order valence-electron chi connectivity index (χ1n) is 1.06. The van der Waals surface area contributed by atoms with Gasteiger partial charge in [0.15, 0.2) is 0 Å². The van der Waals surface area contributed by atoms with Crippen LogP contribution in [0.5, 0.6) is 0 Å². The first kappa shape index (κ1) is 2.03. The highest BCUT2D eigenvalue weighted by Gasteiger charge is 1.56. The maximum absolute atomic E-state index is 2.85. The SMILES string of the molecule is c1cs[nH]1. The largest absolute Gasteiger partial charge is 0.318 e. The van der Waals surface area contributed by atoms with Crippen molar-refractivity contribution in [3.05, 3.63) is 11.6 Å². The molecule has 0 aliphatic carbocycles. The van der Waals surface area contributed by atoms with Crippen molar-refractivity contribution in [1.29, 1.82) is 0 Å². The summed E-state index contributed by atoms with van der Waals surface area (Å²) >= 11 is 1.61. The van der Waals surface area contributed by atoms with Gasteiger partial charge in [-0.05, 0) is 0 Å². The molecule has 2 heteroatoms. The van der Waals surface area contributed by atoms with Crippen LogP contribution in [-0.2, 0) is 0 Å². The second-order valence-electron chi connectivity index (χ2n) is 0.538. The van der Waals surface area contributed by atoms with Crippen LogP contribution in [0.4, 0.5) is 0 Å². The van der Waals surface area contributed by atoms with Gasteiger partial charge >= 0.3 is 0 Å². The fraction of sp³-hybridized carbons (Fsp3) is 0. The molecule has 1 aromatic rings. The maximum Gasteiger partial charge on any atom is 0.0247 e. The average Bonchev–Trinajstić information content (AvgIpc) is 0.722. The number of rotatable bonds is 0. The molecule has 0 fully saturated rings. The van der Waals surface area contributed by atoms with Crippen molar-refractivity contribution in [1.82, 2.24) is 4.37 Å². The predicted octanol–water partition coefficient (Wildman–Crippen LogP) is 1.08. The lowest BCUT2D eigenvalue weighted by atomic mass is 11.1. The van der Waals surface area contributed by atoms with E-state index in [1.54, 1.807) is 11.5 Å². The van der Waals surface area contributed by atoms with Gasteiger partial charge in [0.2, 0.25) is 0 Å². The third-order valence-electron chi connectivity index (χ3n) is 0.272. The summed E-state index contributed by atoms with van der Waals surface area (Å²) in [6.45, 7) is 0. The zero-order valence-electron chi connectivity index (χ0n) is 2.06.